The van der Waals surface area contributed by atoms with E-state index >= 15 is 0 Å². The summed E-state index contributed by atoms with van der Waals surface area (Å²) in [5, 5.41) is 3.86. The van der Waals surface area contributed by atoms with Crippen molar-refractivity contribution in [3.63, 3.8) is 0 Å². The molecule has 2 aliphatic rings. The molecule has 0 saturated heterocycles. The van der Waals surface area contributed by atoms with Gasteiger partial charge < -0.3 is 5.32 Å². The van der Waals surface area contributed by atoms with Gasteiger partial charge in [-0.1, -0.05) is 37.8 Å². The van der Waals surface area contributed by atoms with Crippen LogP contribution in [0.15, 0.2) is 29.1 Å². The Hall–Kier alpha value is -2.17. The van der Waals surface area contributed by atoms with Gasteiger partial charge in [0.05, 0.1) is 10.9 Å². The van der Waals surface area contributed by atoms with E-state index in [2.05, 4.69) is 5.32 Å². The Balaban J connectivity index is 1.49. The highest BCUT2D eigenvalue weighted by Gasteiger charge is 2.28. The Bertz CT molecular complexity index is 846. The number of hydrogen-bond acceptors (Lipinski definition) is 3. The smallest absolute Gasteiger partial charge is 0.261 e. The molecule has 0 radical (unpaired) electrons. The average molecular weight is 353 g/mol. The highest BCUT2D eigenvalue weighted by Crippen LogP contribution is 2.34. The van der Waals surface area contributed by atoms with Crippen LogP contribution in [-0.2, 0) is 11.2 Å². The predicted octanol–water partition coefficient (Wildman–Crippen LogP) is 3.50. The Labute approximate surface area is 153 Å². The van der Waals surface area contributed by atoms with Crippen LogP contribution in [0.3, 0.4) is 0 Å². The lowest BCUT2D eigenvalue weighted by Gasteiger charge is -2.17. The lowest BCUT2D eigenvalue weighted by Crippen LogP contribution is -2.35. The molecule has 2 saturated carbocycles. The van der Waals surface area contributed by atoms with Crippen LogP contribution < -0.4 is 10.9 Å². The van der Waals surface area contributed by atoms with Crippen LogP contribution >= 0.6 is 0 Å². The fourth-order valence-electron chi connectivity index (χ4n) is 4.03. The molecule has 138 valence electrons. The minimum absolute atomic E-state index is 0.0391. The fraction of sp³-hybridized carbons (Fsp3) is 0.571. The van der Waals surface area contributed by atoms with E-state index in [1.165, 1.54) is 25.7 Å². The zero-order valence-electron chi connectivity index (χ0n) is 15.2. The molecule has 0 aliphatic heterocycles. The van der Waals surface area contributed by atoms with Gasteiger partial charge in [-0.05, 0) is 37.8 Å². The number of fused-ring (bicyclic) bond motifs is 1. The van der Waals surface area contributed by atoms with Gasteiger partial charge in [-0.3, -0.25) is 14.2 Å². The van der Waals surface area contributed by atoms with Crippen molar-refractivity contribution in [2.45, 2.75) is 76.3 Å². The maximum Gasteiger partial charge on any atom is 0.261 e. The molecule has 2 aromatic rings. The highest BCUT2D eigenvalue weighted by molar-refractivity contribution is 5.78. The van der Waals surface area contributed by atoms with E-state index < -0.39 is 0 Å². The van der Waals surface area contributed by atoms with Gasteiger partial charge >= 0.3 is 0 Å². The van der Waals surface area contributed by atoms with E-state index in [4.69, 9.17) is 4.98 Å². The van der Waals surface area contributed by atoms with Gasteiger partial charge in [-0.2, -0.15) is 0 Å². The second-order valence-corrected chi connectivity index (χ2v) is 7.71. The SMILES string of the molecule is O=C(CCc1nc2ccccc2c(=O)n1C1CC1)NC1CCCCCC1. The summed E-state index contributed by atoms with van der Waals surface area (Å²) in [7, 11) is 0. The van der Waals surface area contributed by atoms with Crippen molar-refractivity contribution in [1.82, 2.24) is 14.9 Å². The first-order valence-corrected chi connectivity index (χ1v) is 10.0. The van der Waals surface area contributed by atoms with Crippen molar-refractivity contribution in [3.05, 3.63) is 40.4 Å². The maximum atomic E-state index is 12.9. The van der Waals surface area contributed by atoms with Crippen molar-refractivity contribution >= 4 is 16.8 Å². The first kappa shape index (κ1) is 17.3. The fourth-order valence-corrected chi connectivity index (χ4v) is 4.03. The number of hydrogen-bond donors (Lipinski definition) is 1. The summed E-state index contributed by atoms with van der Waals surface area (Å²) in [5.74, 6) is 0.842. The topological polar surface area (TPSA) is 64.0 Å². The first-order chi connectivity index (χ1) is 12.7. The van der Waals surface area contributed by atoms with Crippen LogP contribution in [-0.4, -0.2) is 21.5 Å². The largest absolute Gasteiger partial charge is 0.353 e. The van der Waals surface area contributed by atoms with Gasteiger partial charge in [0.2, 0.25) is 5.91 Å². The Kier molecular flexibility index (Phi) is 5.05. The van der Waals surface area contributed by atoms with E-state index in [1.54, 1.807) is 0 Å². The number of amides is 1. The van der Waals surface area contributed by atoms with Gasteiger partial charge in [0, 0.05) is 24.9 Å². The number of carbonyl (C=O) groups excluding carboxylic acids is 1. The summed E-state index contributed by atoms with van der Waals surface area (Å²) in [4.78, 5) is 30.0. The summed E-state index contributed by atoms with van der Waals surface area (Å²) in [6, 6.07) is 8.08. The van der Waals surface area contributed by atoms with Crippen molar-refractivity contribution in [3.8, 4) is 0 Å². The third-order valence-electron chi connectivity index (χ3n) is 5.59. The summed E-state index contributed by atoms with van der Waals surface area (Å²) in [6.07, 6.45) is 10.1. The average Bonchev–Trinajstić information content (AvgIpc) is 3.48. The molecule has 5 nitrogen and oxygen atoms in total. The third kappa shape index (κ3) is 3.81. The van der Waals surface area contributed by atoms with Gasteiger partial charge in [-0.25, -0.2) is 4.98 Å². The second-order valence-electron chi connectivity index (χ2n) is 7.71. The molecule has 2 fully saturated rings. The number of aromatic nitrogens is 2. The van der Waals surface area contributed by atoms with Gasteiger partial charge in [-0.15, -0.1) is 0 Å². The third-order valence-corrected chi connectivity index (χ3v) is 5.59. The molecule has 2 aliphatic carbocycles. The molecule has 0 spiro atoms. The lowest BCUT2D eigenvalue weighted by atomic mass is 10.1. The number of nitrogens with zero attached hydrogens (tertiary/aromatic N) is 2. The monoisotopic (exact) mass is 353 g/mol. The number of carbonyl (C=O) groups is 1. The zero-order chi connectivity index (χ0) is 17.9. The Morgan fingerprint density at radius 1 is 1.08 bits per heavy atom. The Morgan fingerprint density at radius 3 is 2.54 bits per heavy atom. The molecule has 0 bridgehead atoms. The van der Waals surface area contributed by atoms with E-state index in [9.17, 15) is 9.59 Å². The standard InChI is InChI=1S/C21H27N3O2/c25-20(22-15-7-3-1-2-4-8-15)14-13-19-23-18-10-6-5-9-17(18)21(26)24(19)16-11-12-16/h5-6,9-10,15-16H,1-4,7-8,11-14H2,(H,22,25). The Morgan fingerprint density at radius 2 is 1.81 bits per heavy atom. The lowest BCUT2D eigenvalue weighted by molar-refractivity contribution is -0.121. The van der Waals surface area contributed by atoms with Gasteiger partial charge in [0.15, 0.2) is 0 Å². The maximum absolute atomic E-state index is 12.9. The molecular weight excluding hydrogens is 326 g/mol. The number of nitrogens with one attached hydrogen (secondary N) is 1. The minimum atomic E-state index is 0.0391. The normalized spacial score (nSPS) is 18.6. The molecule has 5 heteroatoms. The van der Waals surface area contributed by atoms with Crippen LogP contribution in [0.2, 0.25) is 0 Å². The summed E-state index contributed by atoms with van der Waals surface area (Å²) in [6.45, 7) is 0. The summed E-state index contributed by atoms with van der Waals surface area (Å²) < 4.78 is 1.83. The summed E-state index contributed by atoms with van der Waals surface area (Å²) in [5.41, 5.74) is 0.769. The molecule has 1 aromatic carbocycles. The molecule has 1 heterocycles. The number of rotatable bonds is 5. The van der Waals surface area contributed by atoms with Crippen molar-refractivity contribution < 1.29 is 4.79 Å². The van der Waals surface area contributed by atoms with Crippen LogP contribution in [0, 0.1) is 0 Å². The quantitative estimate of drug-likeness (QED) is 0.837. The second kappa shape index (κ2) is 7.60. The predicted molar refractivity (Wildman–Crippen MR) is 102 cm³/mol. The molecule has 1 aromatic heterocycles. The van der Waals surface area contributed by atoms with Crippen LogP contribution in [0.4, 0.5) is 0 Å². The van der Waals surface area contributed by atoms with Gasteiger partial charge in [0.1, 0.15) is 5.82 Å². The van der Waals surface area contributed by atoms with Crippen molar-refractivity contribution in [2.75, 3.05) is 0 Å². The molecular formula is C21H27N3O2. The van der Waals surface area contributed by atoms with Crippen LogP contribution in [0.5, 0.6) is 0 Å². The van der Waals surface area contributed by atoms with Crippen LogP contribution in [0.1, 0.15) is 69.7 Å². The first-order valence-electron chi connectivity index (χ1n) is 10.0. The van der Waals surface area contributed by atoms with Crippen molar-refractivity contribution in [2.24, 2.45) is 0 Å². The molecule has 0 unspecified atom stereocenters. The number of para-hydroxylation sites is 1. The van der Waals surface area contributed by atoms with E-state index in [0.29, 0.717) is 24.3 Å². The van der Waals surface area contributed by atoms with Gasteiger partial charge in [0.25, 0.3) is 5.56 Å². The molecule has 1 N–H and O–H groups in total. The molecule has 26 heavy (non-hydrogen) atoms. The summed E-state index contributed by atoms with van der Waals surface area (Å²) >= 11 is 0. The van der Waals surface area contributed by atoms with E-state index in [1.807, 2.05) is 28.8 Å². The van der Waals surface area contributed by atoms with E-state index in [-0.39, 0.29) is 17.5 Å². The number of benzene rings is 1. The molecule has 0 atom stereocenters. The van der Waals surface area contributed by atoms with Crippen LogP contribution in [0.25, 0.3) is 10.9 Å². The van der Waals surface area contributed by atoms with E-state index in [0.717, 1.165) is 37.0 Å². The van der Waals surface area contributed by atoms with Crippen molar-refractivity contribution in [1.29, 1.82) is 0 Å². The molecule has 4 rings (SSSR count). The zero-order valence-corrected chi connectivity index (χ0v) is 15.2. The molecule has 1 amide bonds. The number of aryl methyl sites for hydroxylation is 1. The highest BCUT2D eigenvalue weighted by atomic mass is 16.1. The minimum Gasteiger partial charge on any atom is -0.353 e.